The number of hydrogen-bond acceptors (Lipinski definition) is 4. The minimum atomic E-state index is -2.81. The highest BCUT2D eigenvalue weighted by Gasteiger charge is 2.52. The Morgan fingerprint density at radius 1 is 0.735 bits per heavy atom. The Morgan fingerprint density at radius 2 is 1.29 bits per heavy atom. The topological polar surface area (TPSA) is 47.9 Å². The van der Waals surface area contributed by atoms with Gasteiger partial charge < -0.3 is 19.0 Å². The fourth-order valence-electron chi connectivity index (χ4n) is 4.64. The zero-order valence-electron chi connectivity index (χ0n) is 21.1. The Kier molecular flexibility index (Phi) is 8.81. The number of benzene rings is 3. The van der Waals surface area contributed by atoms with Gasteiger partial charge in [0.1, 0.15) is 0 Å². The van der Waals surface area contributed by atoms with E-state index in [1.54, 1.807) is 14.2 Å². The van der Waals surface area contributed by atoms with Crippen LogP contribution in [-0.2, 0) is 6.42 Å². The van der Waals surface area contributed by atoms with E-state index in [0.29, 0.717) is 17.2 Å². The maximum absolute atomic E-state index is 9.13. The first kappa shape index (κ1) is 25.9. The SMILES string of the molecule is COc1cc(CCCCCO)cc(O[Si](c2ccccc2)(c2ccccc2)C(C)(C)C)c1OC. The van der Waals surface area contributed by atoms with Gasteiger partial charge in [-0.25, -0.2) is 0 Å². The molecule has 0 spiro atoms. The van der Waals surface area contributed by atoms with E-state index in [9.17, 15) is 0 Å². The van der Waals surface area contributed by atoms with Gasteiger partial charge in [-0.3, -0.25) is 0 Å². The van der Waals surface area contributed by atoms with Crippen LogP contribution in [0.2, 0.25) is 5.04 Å². The number of ether oxygens (including phenoxy) is 2. The van der Waals surface area contributed by atoms with Crippen molar-refractivity contribution < 1.29 is 19.0 Å². The maximum atomic E-state index is 9.13. The second kappa shape index (κ2) is 11.6. The molecule has 4 nitrogen and oxygen atoms in total. The molecule has 5 heteroatoms. The second-order valence-corrected chi connectivity index (χ2v) is 13.9. The Bertz CT molecular complexity index is 990. The molecule has 3 aromatic carbocycles. The Morgan fingerprint density at radius 3 is 1.76 bits per heavy atom. The zero-order chi connectivity index (χ0) is 24.6. The van der Waals surface area contributed by atoms with E-state index in [4.69, 9.17) is 19.0 Å². The monoisotopic (exact) mass is 478 g/mol. The van der Waals surface area contributed by atoms with Gasteiger partial charge in [-0.1, -0.05) is 87.9 Å². The highest BCUT2D eigenvalue weighted by Crippen LogP contribution is 2.44. The van der Waals surface area contributed by atoms with Crippen LogP contribution in [0.25, 0.3) is 0 Å². The molecule has 0 aliphatic rings. The van der Waals surface area contributed by atoms with E-state index in [-0.39, 0.29) is 11.6 Å². The fraction of sp³-hybridized carbons (Fsp3) is 0.379. The van der Waals surface area contributed by atoms with Crippen LogP contribution in [0.4, 0.5) is 0 Å². The van der Waals surface area contributed by atoms with Crippen LogP contribution in [0.1, 0.15) is 45.6 Å². The maximum Gasteiger partial charge on any atom is 0.320 e. The van der Waals surface area contributed by atoms with E-state index >= 15 is 0 Å². The lowest BCUT2D eigenvalue weighted by molar-refractivity contribution is 0.283. The number of aliphatic hydroxyl groups excluding tert-OH is 1. The zero-order valence-corrected chi connectivity index (χ0v) is 22.1. The van der Waals surface area contributed by atoms with Crippen molar-refractivity contribution in [1.82, 2.24) is 0 Å². The summed E-state index contributed by atoms with van der Waals surface area (Å²) in [5, 5.41) is 11.4. The normalized spacial score (nSPS) is 11.8. The lowest BCUT2D eigenvalue weighted by atomic mass is 10.1. The number of aryl methyl sites for hydroxylation is 1. The standard InChI is InChI=1S/C29H38O4Si/c1-29(2,3)34(24-16-10-6-11-17-24,25-18-12-7-13-19-25)33-27-22-23(15-9-8-14-20-30)21-26(31-4)28(27)32-5/h6-7,10-13,16-19,21-22,30H,8-9,14-15,20H2,1-5H3. The van der Waals surface area contributed by atoms with E-state index in [1.165, 1.54) is 10.4 Å². The minimum absolute atomic E-state index is 0.162. The number of rotatable bonds is 11. The molecule has 0 bridgehead atoms. The molecule has 0 heterocycles. The molecule has 0 amide bonds. The summed E-state index contributed by atoms with van der Waals surface area (Å²) in [6.07, 6.45) is 3.68. The van der Waals surface area contributed by atoms with Crippen LogP contribution in [0.5, 0.6) is 17.2 Å². The Labute approximate surface area is 205 Å². The van der Waals surface area contributed by atoms with E-state index in [2.05, 4.69) is 75.4 Å². The third-order valence-electron chi connectivity index (χ3n) is 6.31. The first-order chi connectivity index (χ1) is 16.4. The van der Waals surface area contributed by atoms with Crippen molar-refractivity contribution in [2.24, 2.45) is 0 Å². The number of hydrogen-bond donors (Lipinski definition) is 1. The van der Waals surface area contributed by atoms with Crippen molar-refractivity contribution in [3.8, 4) is 17.2 Å². The van der Waals surface area contributed by atoms with Crippen molar-refractivity contribution in [2.75, 3.05) is 20.8 Å². The van der Waals surface area contributed by atoms with Gasteiger partial charge in [-0.15, -0.1) is 0 Å². The molecule has 0 atom stereocenters. The van der Waals surface area contributed by atoms with Crippen LogP contribution in [0.3, 0.4) is 0 Å². The third kappa shape index (κ3) is 5.48. The molecule has 0 aromatic heterocycles. The molecule has 0 aliphatic carbocycles. The van der Waals surface area contributed by atoms with Crippen LogP contribution in [0.15, 0.2) is 72.8 Å². The largest absolute Gasteiger partial charge is 0.531 e. The molecular weight excluding hydrogens is 440 g/mol. The Balaban J connectivity index is 2.19. The van der Waals surface area contributed by atoms with Crippen LogP contribution < -0.4 is 24.3 Å². The molecule has 0 unspecified atom stereocenters. The molecule has 3 rings (SSSR count). The van der Waals surface area contributed by atoms with Gasteiger partial charge in [0.05, 0.1) is 14.2 Å². The quantitative estimate of drug-likeness (QED) is 0.298. The molecule has 0 aliphatic heterocycles. The predicted octanol–water partition coefficient (Wildman–Crippen LogP) is 5.35. The summed E-state index contributed by atoms with van der Waals surface area (Å²) in [6, 6.07) is 25.3. The first-order valence-corrected chi connectivity index (χ1v) is 13.9. The van der Waals surface area contributed by atoms with Crippen molar-refractivity contribution in [2.45, 2.75) is 51.5 Å². The van der Waals surface area contributed by atoms with Gasteiger partial charge in [-0.05, 0) is 52.4 Å². The van der Waals surface area contributed by atoms with E-state index in [0.717, 1.165) is 31.2 Å². The summed E-state index contributed by atoms with van der Waals surface area (Å²) in [5.74, 6) is 2.01. The van der Waals surface area contributed by atoms with Gasteiger partial charge >= 0.3 is 8.32 Å². The summed E-state index contributed by atoms with van der Waals surface area (Å²) < 4.78 is 18.8. The number of aliphatic hydroxyl groups is 1. The fourth-order valence-corrected chi connectivity index (χ4v) is 9.05. The van der Waals surface area contributed by atoms with Gasteiger partial charge in [0.25, 0.3) is 0 Å². The summed E-state index contributed by atoms with van der Waals surface area (Å²) in [7, 11) is 0.521. The van der Waals surface area contributed by atoms with Crippen molar-refractivity contribution in [1.29, 1.82) is 0 Å². The van der Waals surface area contributed by atoms with Gasteiger partial charge in [0, 0.05) is 6.61 Å². The highest BCUT2D eigenvalue weighted by molar-refractivity contribution is 7.00. The number of methoxy groups -OCH3 is 2. The lowest BCUT2D eigenvalue weighted by Crippen LogP contribution is -2.68. The average molecular weight is 479 g/mol. The Hall–Kier alpha value is -2.76. The molecule has 0 fully saturated rings. The highest BCUT2D eigenvalue weighted by atomic mass is 28.4. The molecule has 34 heavy (non-hydrogen) atoms. The minimum Gasteiger partial charge on any atom is -0.531 e. The molecule has 1 N–H and O–H groups in total. The summed E-state index contributed by atoms with van der Waals surface area (Å²) in [5.41, 5.74) is 1.14. The molecule has 3 aromatic rings. The third-order valence-corrected chi connectivity index (χ3v) is 11.2. The summed E-state index contributed by atoms with van der Waals surface area (Å²) >= 11 is 0. The predicted molar refractivity (Wildman–Crippen MR) is 142 cm³/mol. The van der Waals surface area contributed by atoms with Gasteiger partial charge in [-0.2, -0.15) is 0 Å². The van der Waals surface area contributed by atoms with Crippen molar-refractivity contribution >= 4 is 18.7 Å². The van der Waals surface area contributed by atoms with Gasteiger partial charge in [0.2, 0.25) is 5.75 Å². The number of unbranched alkanes of at least 4 members (excludes halogenated alkanes) is 2. The van der Waals surface area contributed by atoms with Crippen LogP contribution in [0, 0.1) is 0 Å². The smallest absolute Gasteiger partial charge is 0.320 e. The van der Waals surface area contributed by atoms with E-state index < -0.39 is 8.32 Å². The second-order valence-electron chi connectivity index (χ2n) is 9.63. The average Bonchev–Trinajstić information content (AvgIpc) is 2.85. The molecule has 0 saturated heterocycles. The molecular formula is C29H38O4Si. The van der Waals surface area contributed by atoms with Crippen LogP contribution >= 0.6 is 0 Å². The molecule has 0 saturated carbocycles. The summed E-state index contributed by atoms with van der Waals surface area (Å²) in [6.45, 7) is 7.03. The van der Waals surface area contributed by atoms with Crippen molar-refractivity contribution in [3.05, 3.63) is 78.4 Å². The molecule has 0 radical (unpaired) electrons. The van der Waals surface area contributed by atoms with Crippen LogP contribution in [-0.4, -0.2) is 34.3 Å². The lowest BCUT2D eigenvalue weighted by Gasteiger charge is -2.43. The van der Waals surface area contributed by atoms with Gasteiger partial charge in [0.15, 0.2) is 11.5 Å². The first-order valence-electron chi connectivity index (χ1n) is 12.0. The van der Waals surface area contributed by atoms with Crippen molar-refractivity contribution in [3.63, 3.8) is 0 Å². The summed E-state index contributed by atoms with van der Waals surface area (Å²) in [4.78, 5) is 0. The van der Waals surface area contributed by atoms with E-state index in [1.807, 2.05) is 18.2 Å². The molecule has 182 valence electrons.